The van der Waals surface area contributed by atoms with Gasteiger partial charge in [-0.3, -0.25) is 0 Å². The van der Waals surface area contributed by atoms with Gasteiger partial charge < -0.3 is 0 Å². The van der Waals surface area contributed by atoms with E-state index in [0.717, 1.165) is 0 Å². The third-order valence-corrected chi connectivity index (χ3v) is 3.55. The van der Waals surface area contributed by atoms with E-state index >= 15 is 0 Å². The standard InChI is InChI=1S/2C10H15.Mg/c2*1-8-5-6-9(7-8)10(2,3)4;/h2*5-7H,1-4H3;/q2*-1;+2. The van der Waals surface area contributed by atoms with Gasteiger partial charge in [-0.2, -0.15) is 46.5 Å². The van der Waals surface area contributed by atoms with Crippen LogP contribution >= 0.6 is 0 Å². The number of aryl methyl sites for hydroxylation is 2. The molecule has 1 heteroatoms. The molecule has 0 aliphatic heterocycles. The van der Waals surface area contributed by atoms with Crippen molar-refractivity contribution < 1.29 is 0 Å². The van der Waals surface area contributed by atoms with Gasteiger partial charge in [-0.25, -0.2) is 12.1 Å². The summed E-state index contributed by atoms with van der Waals surface area (Å²) in [5.74, 6) is 0. The first-order valence-corrected chi connectivity index (χ1v) is 7.48. The first-order chi connectivity index (χ1) is 9.00. The van der Waals surface area contributed by atoms with Gasteiger partial charge in [0.1, 0.15) is 0 Å². The second-order valence-electron chi connectivity index (χ2n) is 7.85. The monoisotopic (exact) mass is 294 g/mol. The van der Waals surface area contributed by atoms with E-state index in [-0.39, 0.29) is 23.1 Å². The Bertz CT molecular complexity index is 476. The van der Waals surface area contributed by atoms with E-state index in [1.54, 1.807) is 0 Å². The summed E-state index contributed by atoms with van der Waals surface area (Å²) in [7, 11) is 0. The second kappa shape index (κ2) is 7.65. The summed E-state index contributed by atoms with van der Waals surface area (Å²) in [5.41, 5.74) is 6.23. The van der Waals surface area contributed by atoms with Crippen LogP contribution in [0.5, 0.6) is 0 Å². The zero-order valence-electron chi connectivity index (χ0n) is 15.2. The van der Waals surface area contributed by atoms with Crippen molar-refractivity contribution in [2.75, 3.05) is 0 Å². The van der Waals surface area contributed by atoms with Crippen molar-refractivity contribution in [1.82, 2.24) is 0 Å². The quantitative estimate of drug-likeness (QED) is 0.435. The topological polar surface area (TPSA) is 0 Å². The minimum Gasteiger partial charge on any atom is -0.210 e. The zero-order chi connectivity index (χ0) is 15.6. The van der Waals surface area contributed by atoms with E-state index in [4.69, 9.17) is 0 Å². The molecule has 0 aromatic heterocycles. The molecule has 0 saturated carbocycles. The predicted octanol–water partition coefficient (Wildman–Crippen LogP) is 5.64. The molecule has 0 unspecified atom stereocenters. The fraction of sp³-hybridized carbons (Fsp3) is 0.500. The fourth-order valence-electron chi connectivity index (χ4n) is 2.06. The van der Waals surface area contributed by atoms with Gasteiger partial charge in [0.05, 0.1) is 0 Å². The maximum atomic E-state index is 2.25. The van der Waals surface area contributed by atoms with E-state index in [1.165, 1.54) is 22.3 Å². The maximum absolute atomic E-state index is 2.25. The summed E-state index contributed by atoms with van der Waals surface area (Å²) in [6.07, 6.45) is 0. The van der Waals surface area contributed by atoms with Gasteiger partial charge in [-0.15, -0.1) is 0 Å². The van der Waals surface area contributed by atoms with Crippen molar-refractivity contribution in [1.29, 1.82) is 0 Å². The van der Waals surface area contributed by atoms with Gasteiger partial charge in [-0.1, -0.05) is 66.2 Å². The van der Waals surface area contributed by atoms with E-state index in [1.807, 2.05) is 0 Å². The molecule has 0 atom stereocenters. The van der Waals surface area contributed by atoms with Crippen molar-refractivity contribution >= 4 is 23.1 Å². The van der Waals surface area contributed by atoms with Gasteiger partial charge in [0, 0.05) is 0 Å². The van der Waals surface area contributed by atoms with Crippen LogP contribution in [-0.2, 0) is 10.8 Å². The Morgan fingerprint density at radius 1 is 0.667 bits per heavy atom. The molecular formula is C20H30Mg. The summed E-state index contributed by atoms with van der Waals surface area (Å²) in [5, 5.41) is 0. The van der Waals surface area contributed by atoms with Crippen LogP contribution in [0.3, 0.4) is 0 Å². The van der Waals surface area contributed by atoms with Crippen LogP contribution in [0.25, 0.3) is 0 Å². The number of hydrogen-bond donors (Lipinski definition) is 0. The molecule has 21 heavy (non-hydrogen) atoms. The van der Waals surface area contributed by atoms with Crippen LogP contribution in [-0.4, -0.2) is 23.1 Å². The normalized spacial score (nSPS) is 11.4. The SMILES string of the molecule is C[c-]1ccc(C(C)(C)C)c1.C[c-]1ccc(C(C)(C)C)c1.[Mg+2]. The van der Waals surface area contributed by atoms with Crippen LogP contribution in [0, 0.1) is 13.8 Å². The smallest absolute Gasteiger partial charge is 0.210 e. The summed E-state index contributed by atoms with van der Waals surface area (Å²) in [6, 6.07) is 13.2. The molecule has 0 nitrogen and oxygen atoms in total. The Balaban J connectivity index is 0.000000364. The predicted molar refractivity (Wildman–Crippen MR) is 96.7 cm³/mol. The molecule has 0 amide bonds. The largest absolute Gasteiger partial charge is 2.00 e. The molecule has 2 rings (SSSR count). The van der Waals surface area contributed by atoms with Crippen molar-refractivity contribution in [3.8, 4) is 0 Å². The first kappa shape index (κ1) is 20.5. The van der Waals surface area contributed by atoms with Gasteiger partial charge in [-0.05, 0) is 0 Å². The van der Waals surface area contributed by atoms with Gasteiger partial charge in [0.2, 0.25) is 0 Å². The molecule has 0 radical (unpaired) electrons. The molecule has 0 N–H and O–H groups in total. The summed E-state index contributed by atoms with van der Waals surface area (Å²) < 4.78 is 0. The van der Waals surface area contributed by atoms with E-state index < -0.39 is 0 Å². The van der Waals surface area contributed by atoms with Crippen molar-refractivity contribution in [2.45, 2.75) is 66.2 Å². The molecule has 0 aliphatic carbocycles. The Kier molecular flexibility index (Phi) is 7.45. The fourth-order valence-corrected chi connectivity index (χ4v) is 2.06. The summed E-state index contributed by atoms with van der Waals surface area (Å²) in [4.78, 5) is 0. The first-order valence-electron chi connectivity index (χ1n) is 7.48. The Morgan fingerprint density at radius 2 is 0.952 bits per heavy atom. The van der Waals surface area contributed by atoms with Gasteiger partial charge in [0.15, 0.2) is 0 Å². The van der Waals surface area contributed by atoms with Crippen LogP contribution in [0.2, 0.25) is 0 Å². The van der Waals surface area contributed by atoms with Gasteiger partial charge in [0.25, 0.3) is 0 Å². The maximum Gasteiger partial charge on any atom is 2.00 e. The van der Waals surface area contributed by atoms with Crippen molar-refractivity contribution in [3.63, 3.8) is 0 Å². The Morgan fingerprint density at radius 3 is 1.05 bits per heavy atom. The Labute approximate surface area is 147 Å². The molecule has 0 aliphatic rings. The molecule has 2 aromatic rings. The molecule has 112 valence electrons. The molecule has 0 spiro atoms. The minimum atomic E-state index is 0. The average Bonchev–Trinajstić information content (AvgIpc) is 2.85. The Hall–Kier alpha value is -0.534. The molecule has 0 fully saturated rings. The second-order valence-corrected chi connectivity index (χ2v) is 7.85. The van der Waals surface area contributed by atoms with Crippen LogP contribution in [0.4, 0.5) is 0 Å². The molecule has 0 heterocycles. The molecule has 2 aromatic carbocycles. The van der Waals surface area contributed by atoms with Gasteiger partial charge >= 0.3 is 23.1 Å². The third-order valence-electron chi connectivity index (χ3n) is 3.55. The van der Waals surface area contributed by atoms with E-state index in [9.17, 15) is 0 Å². The van der Waals surface area contributed by atoms with Crippen LogP contribution in [0.1, 0.15) is 63.8 Å². The van der Waals surface area contributed by atoms with Crippen molar-refractivity contribution in [2.24, 2.45) is 0 Å². The molecule has 0 saturated heterocycles. The van der Waals surface area contributed by atoms with Crippen LogP contribution < -0.4 is 0 Å². The zero-order valence-corrected chi connectivity index (χ0v) is 16.6. The molecule has 0 bridgehead atoms. The summed E-state index contributed by atoms with van der Waals surface area (Å²) >= 11 is 0. The van der Waals surface area contributed by atoms with Crippen molar-refractivity contribution in [3.05, 3.63) is 58.7 Å². The van der Waals surface area contributed by atoms with E-state index in [2.05, 4.69) is 91.8 Å². The summed E-state index contributed by atoms with van der Waals surface area (Å²) in [6.45, 7) is 17.7. The van der Waals surface area contributed by atoms with E-state index in [0.29, 0.717) is 10.8 Å². The average molecular weight is 295 g/mol. The minimum absolute atomic E-state index is 0. The molecular weight excluding hydrogens is 265 g/mol. The number of hydrogen-bond acceptors (Lipinski definition) is 0. The van der Waals surface area contributed by atoms with Crippen LogP contribution in [0.15, 0.2) is 36.4 Å². The third kappa shape index (κ3) is 6.84. The number of rotatable bonds is 0.